The van der Waals surface area contributed by atoms with Gasteiger partial charge < -0.3 is 10.1 Å². The molecule has 0 aliphatic rings. The summed E-state index contributed by atoms with van der Waals surface area (Å²) in [6.07, 6.45) is 0. The summed E-state index contributed by atoms with van der Waals surface area (Å²) in [6.45, 7) is -0.293. The molecule has 0 atom stereocenters. The summed E-state index contributed by atoms with van der Waals surface area (Å²) in [5, 5.41) is 3.34. The van der Waals surface area contributed by atoms with E-state index < -0.39 is 5.91 Å². The highest BCUT2D eigenvalue weighted by molar-refractivity contribution is 6.40. The van der Waals surface area contributed by atoms with Crippen molar-refractivity contribution in [3.05, 3.63) is 57.3 Å². The second-order valence-electron chi connectivity index (χ2n) is 4.04. The molecule has 0 aromatic heterocycles. The number of carbonyl (C=O) groups excluding carboxylic acids is 1. The molecule has 0 fully saturated rings. The van der Waals surface area contributed by atoms with E-state index in [1.807, 2.05) is 0 Å². The maximum atomic E-state index is 12.7. The van der Waals surface area contributed by atoms with E-state index in [1.54, 1.807) is 0 Å². The molecule has 1 N–H and O–H groups in total. The first-order valence-corrected chi connectivity index (χ1v) is 6.92. The minimum absolute atomic E-state index is 0.178. The maximum absolute atomic E-state index is 12.7. The van der Waals surface area contributed by atoms with Crippen LogP contribution in [0.1, 0.15) is 0 Å². The van der Waals surface area contributed by atoms with Crippen molar-refractivity contribution in [2.75, 3.05) is 11.9 Å². The molecule has 1 amide bonds. The quantitative estimate of drug-likeness (QED) is 0.861. The second-order valence-corrected chi connectivity index (χ2v) is 5.29. The van der Waals surface area contributed by atoms with Gasteiger partial charge in [0.15, 0.2) is 12.4 Å². The summed E-state index contributed by atoms with van der Waals surface area (Å²) in [7, 11) is 0. The highest BCUT2D eigenvalue weighted by Gasteiger charge is 2.11. The van der Waals surface area contributed by atoms with Crippen LogP contribution in [-0.2, 0) is 4.79 Å². The van der Waals surface area contributed by atoms with Crippen LogP contribution >= 0.6 is 34.8 Å². The van der Waals surface area contributed by atoms with E-state index in [9.17, 15) is 9.18 Å². The summed E-state index contributed by atoms with van der Waals surface area (Å²) < 4.78 is 18.0. The SMILES string of the molecule is O=C(COc1c(Cl)cc(Cl)cc1Cl)Nc1ccc(F)cc1. The third-order valence-electron chi connectivity index (χ3n) is 2.44. The van der Waals surface area contributed by atoms with Gasteiger partial charge in [0.1, 0.15) is 5.82 Å². The van der Waals surface area contributed by atoms with Crippen molar-refractivity contribution in [2.45, 2.75) is 0 Å². The van der Waals surface area contributed by atoms with Crippen LogP contribution in [0.2, 0.25) is 15.1 Å². The number of carbonyl (C=O) groups is 1. The second kappa shape index (κ2) is 6.98. The average Bonchev–Trinajstić information content (AvgIpc) is 2.40. The number of ether oxygens (including phenoxy) is 1. The average molecular weight is 349 g/mol. The van der Waals surface area contributed by atoms with Gasteiger partial charge in [-0.1, -0.05) is 34.8 Å². The Morgan fingerprint density at radius 2 is 1.67 bits per heavy atom. The maximum Gasteiger partial charge on any atom is 0.262 e. The van der Waals surface area contributed by atoms with Gasteiger partial charge in [-0.15, -0.1) is 0 Å². The highest BCUT2D eigenvalue weighted by atomic mass is 35.5. The lowest BCUT2D eigenvalue weighted by Crippen LogP contribution is -2.20. The predicted molar refractivity (Wildman–Crippen MR) is 82.0 cm³/mol. The monoisotopic (exact) mass is 347 g/mol. The molecule has 110 valence electrons. The Balaban J connectivity index is 1.97. The summed E-state index contributed by atoms with van der Waals surface area (Å²) in [4.78, 5) is 11.7. The summed E-state index contributed by atoms with van der Waals surface area (Å²) in [5.41, 5.74) is 0.457. The summed E-state index contributed by atoms with van der Waals surface area (Å²) in [6, 6.07) is 8.28. The van der Waals surface area contributed by atoms with Crippen molar-refractivity contribution < 1.29 is 13.9 Å². The molecular weight excluding hydrogens is 340 g/mol. The molecule has 0 heterocycles. The topological polar surface area (TPSA) is 38.3 Å². The molecular formula is C14H9Cl3FNO2. The van der Waals surface area contributed by atoms with E-state index >= 15 is 0 Å². The summed E-state index contributed by atoms with van der Waals surface area (Å²) in [5.74, 6) is -0.635. The van der Waals surface area contributed by atoms with E-state index in [1.165, 1.54) is 36.4 Å². The molecule has 0 saturated heterocycles. The van der Waals surface area contributed by atoms with E-state index in [2.05, 4.69) is 5.32 Å². The standard InChI is InChI=1S/C14H9Cl3FNO2/c15-8-5-11(16)14(12(17)6-8)21-7-13(20)19-10-3-1-9(18)2-4-10/h1-6H,7H2,(H,19,20). The van der Waals surface area contributed by atoms with Crippen molar-refractivity contribution in [2.24, 2.45) is 0 Å². The number of halogens is 4. The summed E-state index contributed by atoms with van der Waals surface area (Å²) >= 11 is 17.6. The molecule has 0 unspecified atom stereocenters. The Bertz CT molecular complexity index is 639. The first-order chi connectivity index (χ1) is 9.95. The fourth-order valence-corrected chi connectivity index (χ4v) is 2.46. The molecule has 0 saturated carbocycles. The lowest BCUT2D eigenvalue weighted by Gasteiger charge is -2.10. The first-order valence-electron chi connectivity index (χ1n) is 5.78. The molecule has 0 aliphatic carbocycles. The Morgan fingerprint density at radius 3 is 2.24 bits per heavy atom. The van der Waals surface area contributed by atoms with E-state index in [4.69, 9.17) is 39.5 Å². The third-order valence-corrected chi connectivity index (χ3v) is 3.22. The van der Waals surface area contributed by atoms with Gasteiger partial charge in [0.25, 0.3) is 5.91 Å². The lowest BCUT2D eigenvalue weighted by atomic mass is 10.3. The van der Waals surface area contributed by atoms with Crippen LogP contribution in [0.25, 0.3) is 0 Å². The largest absolute Gasteiger partial charge is 0.481 e. The van der Waals surface area contributed by atoms with Crippen molar-refractivity contribution in [3.63, 3.8) is 0 Å². The zero-order valence-electron chi connectivity index (χ0n) is 10.5. The van der Waals surface area contributed by atoms with Crippen LogP contribution < -0.4 is 10.1 Å². The molecule has 2 aromatic rings. The van der Waals surface area contributed by atoms with Gasteiger partial charge in [-0.25, -0.2) is 4.39 Å². The van der Waals surface area contributed by atoms with Gasteiger partial charge in [0.05, 0.1) is 10.0 Å². The Morgan fingerprint density at radius 1 is 1.10 bits per heavy atom. The molecule has 3 nitrogen and oxygen atoms in total. The normalized spacial score (nSPS) is 10.3. The Kier molecular flexibility index (Phi) is 5.28. The van der Waals surface area contributed by atoms with Crippen LogP contribution in [0.15, 0.2) is 36.4 Å². The Hall–Kier alpha value is -1.49. The third kappa shape index (κ3) is 4.49. The van der Waals surface area contributed by atoms with Crippen molar-refractivity contribution in [1.29, 1.82) is 0 Å². The number of anilines is 1. The van der Waals surface area contributed by atoms with Crippen LogP contribution in [0.5, 0.6) is 5.75 Å². The number of amides is 1. The van der Waals surface area contributed by atoms with Crippen LogP contribution in [-0.4, -0.2) is 12.5 Å². The molecule has 0 spiro atoms. The Labute approximate surface area is 135 Å². The van der Waals surface area contributed by atoms with Gasteiger partial charge in [0, 0.05) is 10.7 Å². The molecule has 7 heteroatoms. The smallest absolute Gasteiger partial charge is 0.262 e. The number of hydrogen-bond acceptors (Lipinski definition) is 2. The van der Waals surface area contributed by atoms with Crippen LogP contribution in [0.4, 0.5) is 10.1 Å². The number of nitrogens with one attached hydrogen (secondary N) is 1. The molecule has 2 rings (SSSR count). The van der Waals surface area contributed by atoms with E-state index in [0.717, 1.165) is 0 Å². The van der Waals surface area contributed by atoms with Gasteiger partial charge in [-0.05, 0) is 36.4 Å². The number of rotatable bonds is 4. The number of hydrogen-bond donors (Lipinski definition) is 1. The minimum atomic E-state index is -0.427. The minimum Gasteiger partial charge on any atom is -0.481 e. The zero-order valence-corrected chi connectivity index (χ0v) is 12.8. The van der Waals surface area contributed by atoms with Crippen LogP contribution in [0.3, 0.4) is 0 Å². The van der Waals surface area contributed by atoms with Crippen LogP contribution in [0, 0.1) is 5.82 Å². The van der Waals surface area contributed by atoms with Gasteiger partial charge in [-0.3, -0.25) is 4.79 Å². The number of benzene rings is 2. The van der Waals surface area contributed by atoms with Crippen molar-refractivity contribution >= 4 is 46.4 Å². The van der Waals surface area contributed by atoms with Gasteiger partial charge in [-0.2, -0.15) is 0 Å². The van der Waals surface area contributed by atoms with Gasteiger partial charge in [0.2, 0.25) is 0 Å². The fourth-order valence-electron chi connectivity index (χ4n) is 1.53. The lowest BCUT2D eigenvalue weighted by molar-refractivity contribution is -0.118. The first kappa shape index (κ1) is 15.9. The van der Waals surface area contributed by atoms with Gasteiger partial charge >= 0.3 is 0 Å². The molecule has 21 heavy (non-hydrogen) atoms. The van der Waals surface area contributed by atoms with E-state index in [-0.39, 0.29) is 28.2 Å². The van der Waals surface area contributed by atoms with Crippen molar-refractivity contribution in [3.8, 4) is 5.75 Å². The highest BCUT2D eigenvalue weighted by Crippen LogP contribution is 2.35. The predicted octanol–water partition coefficient (Wildman–Crippen LogP) is 4.80. The molecule has 0 aliphatic heterocycles. The van der Waals surface area contributed by atoms with E-state index in [0.29, 0.717) is 10.7 Å². The zero-order chi connectivity index (χ0) is 15.4. The fraction of sp³-hybridized carbons (Fsp3) is 0.0714. The van der Waals surface area contributed by atoms with Crippen molar-refractivity contribution in [1.82, 2.24) is 0 Å². The molecule has 2 aromatic carbocycles. The molecule has 0 radical (unpaired) electrons. The molecule has 0 bridgehead atoms.